The van der Waals surface area contributed by atoms with Crippen molar-refractivity contribution < 1.29 is 4.79 Å². The lowest BCUT2D eigenvalue weighted by atomic mass is 10.3. The summed E-state index contributed by atoms with van der Waals surface area (Å²) in [6.45, 7) is 8.17. The number of rotatable bonds is 3. The van der Waals surface area contributed by atoms with E-state index >= 15 is 0 Å². The van der Waals surface area contributed by atoms with Gasteiger partial charge in [0.25, 0.3) is 0 Å². The van der Waals surface area contributed by atoms with Gasteiger partial charge in [-0.3, -0.25) is 4.79 Å². The minimum Gasteiger partial charge on any atom is -0.345 e. The summed E-state index contributed by atoms with van der Waals surface area (Å²) in [4.78, 5) is 12.7. The third-order valence-electron chi connectivity index (χ3n) is 1.66. The van der Waals surface area contributed by atoms with Crippen LogP contribution >= 0.6 is 11.6 Å². The lowest BCUT2D eigenvalue weighted by molar-refractivity contribution is -0.118. The second-order valence-electron chi connectivity index (χ2n) is 2.73. The quantitative estimate of drug-likeness (QED) is 0.692. The van der Waals surface area contributed by atoms with Crippen LogP contribution in [0.15, 0.2) is 36.0 Å². The zero-order valence-corrected chi connectivity index (χ0v) is 7.97. The summed E-state index contributed by atoms with van der Waals surface area (Å²) in [6.07, 6.45) is 3.38. The van der Waals surface area contributed by atoms with Crippen LogP contribution in [-0.4, -0.2) is 24.0 Å². The maximum atomic E-state index is 10.8. The Morgan fingerprint density at radius 3 is 2.69 bits per heavy atom. The SMILES string of the molecule is C=C(Cl)/C=C\C(=C)N1CNC(=O)C1. The molecule has 0 saturated carbocycles. The van der Waals surface area contributed by atoms with Crippen LogP contribution in [0.2, 0.25) is 0 Å². The number of hydrogen-bond donors (Lipinski definition) is 1. The number of halogens is 1. The van der Waals surface area contributed by atoms with Crippen LogP contribution in [0.4, 0.5) is 0 Å². The number of hydrogen-bond acceptors (Lipinski definition) is 2. The second kappa shape index (κ2) is 4.14. The molecule has 0 aromatic carbocycles. The molecule has 1 N–H and O–H groups in total. The van der Waals surface area contributed by atoms with Crippen molar-refractivity contribution >= 4 is 17.5 Å². The first-order valence-electron chi connectivity index (χ1n) is 3.82. The number of nitrogens with zero attached hydrogens (tertiary/aromatic N) is 1. The third-order valence-corrected chi connectivity index (χ3v) is 1.79. The van der Waals surface area contributed by atoms with Gasteiger partial charge in [-0.1, -0.05) is 24.8 Å². The Bertz CT molecular complexity index is 283. The molecule has 0 aliphatic carbocycles. The van der Waals surface area contributed by atoms with E-state index in [2.05, 4.69) is 18.5 Å². The lowest BCUT2D eigenvalue weighted by Crippen LogP contribution is -2.19. The first-order chi connectivity index (χ1) is 6.09. The summed E-state index contributed by atoms with van der Waals surface area (Å²) in [7, 11) is 0. The van der Waals surface area contributed by atoms with Crippen molar-refractivity contribution in [1.29, 1.82) is 0 Å². The molecule has 1 aliphatic heterocycles. The molecule has 0 radical (unpaired) electrons. The van der Waals surface area contributed by atoms with Gasteiger partial charge in [0.2, 0.25) is 5.91 Å². The fraction of sp³-hybridized carbons (Fsp3) is 0.222. The summed E-state index contributed by atoms with van der Waals surface area (Å²) >= 11 is 5.53. The molecule has 0 atom stereocenters. The van der Waals surface area contributed by atoms with Gasteiger partial charge in [-0.15, -0.1) is 0 Å². The normalized spacial score (nSPS) is 16.4. The third kappa shape index (κ3) is 2.95. The van der Waals surface area contributed by atoms with Crippen LogP contribution in [0.5, 0.6) is 0 Å². The van der Waals surface area contributed by atoms with Crippen molar-refractivity contribution in [3.8, 4) is 0 Å². The van der Waals surface area contributed by atoms with Gasteiger partial charge in [-0.05, 0) is 12.2 Å². The molecular formula is C9H11ClN2O. The summed E-state index contributed by atoms with van der Waals surface area (Å²) in [5.74, 6) is 0.0132. The van der Waals surface area contributed by atoms with E-state index in [1.807, 2.05) is 4.90 Å². The van der Waals surface area contributed by atoms with Crippen molar-refractivity contribution in [3.05, 3.63) is 36.0 Å². The maximum absolute atomic E-state index is 10.8. The highest BCUT2D eigenvalue weighted by molar-refractivity contribution is 6.30. The molecule has 0 aromatic rings. The zero-order valence-electron chi connectivity index (χ0n) is 7.22. The molecule has 1 saturated heterocycles. The van der Waals surface area contributed by atoms with Gasteiger partial charge >= 0.3 is 0 Å². The zero-order chi connectivity index (χ0) is 9.84. The van der Waals surface area contributed by atoms with Crippen molar-refractivity contribution in [2.75, 3.05) is 13.2 Å². The highest BCUT2D eigenvalue weighted by atomic mass is 35.5. The van der Waals surface area contributed by atoms with Crippen LogP contribution in [0.25, 0.3) is 0 Å². The van der Waals surface area contributed by atoms with E-state index < -0.39 is 0 Å². The molecule has 1 fully saturated rings. The van der Waals surface area contributed by atoms with Crippen molar-refractivity contribution in [2.45, 2.75) is 0 Å². The maximum Gasteiger partial charge on any atom is 0.240 e. The Kier molecular flexibility index (Phi) is 3.14. The van der Waals surface area contributed by atoms with Crippen LogP contribution in [0.1, 0.15) is 0 Å². The Labute approximate surface area is 82.4 Å². The second-order valence-corrected chi connectivity index (χ2v) is 3.21. The topological polar surface area (TPSA) is 32.3 Å². The summed E-state index contributed by atoms with van der Waals surface area (Å²) < 4.78 is 0. The number of nitrogens with one attached hydrogen (secondary N) is 1. The fourth-order valence-corrected chi connectivity index (χ4v) is 1.03. The molecule has 3 nitrogen and oxygen atoms in total. The highest BCUT2D eigenvalue weighted by Crippen LogP contribution is 2.08. The molecule has 0 bridgehead atoms. The average Bonchev–Trinajstić information content (AvgIpc) is 2.47. The molecule has 13 heavy (non-hydrogen) atoms. The number of allylic oxidation sites excluding steroid dienone is 3. The smallest absolute Gasteiger partial charge is 0.240 e. The summed E-state index contributed by atoms with van der Waals surface area (Å²) in [6, 6.07) is 0. The van der Waals surface area contributed by atoms with E-state index in [0.717, 1.165) is 5.70 Å². The molecule has 0 aromatic heterocycles. The molecule has 1 heterocycles. The van der Waals surface area contributed by atoms with Crippen molar-refractivity contribution in [1.82, 2.24) is 10.2 Å². The van der Waals surface area contributed by atoms with Gasteiger partial charge in [0, 0.05) is 10.7 Å². The molecular weight excluding hydrogens is 188 g/mol. The number of amides is 1. The van der Waals surface area contributed by atoms with Crippen LogP contribution in [-0.2, 0) is 4.79 Å². The predicted octanol–water partition coefficient (Wildman–Crippen LogP) is 1.20. The molecule has 1 aliphatic rings. The fourth-order valence-electron chi connectivity index (χ4n) is 0.964. The lowest BCUT2D eigenvalue weighted by Gasteiger charge is -2.14. The Morgan fingerprint density at radius 1 is 1.54 bits per heavy atom. The van der Waals surface area contributed by atoms with Gasteiger partial charge < -0.3 is 10.2 Å². The first-order valence-corrected chi connectivity index (χ1v) is 4.20. The van der Waals surface area contributed by atoms with Crippen LogP contribution < -0.4 is 5.32 Å². The minimum atomic E-state index is 0.0132. The first kappa shape index (κ1) is 9.86. The number of carbonyl (C=O) groups is 1. The summed E-state index contributed by atoms with van der Waals surface area (Å²) in [5.41, 5.74) is 0.750. The van der Waals surface area contributed by atoms with E-state index in [1.54, 1.807) is 12.2 Å². The highest BCUT2D eigenvalue weighted by Gasteiger charge is 2.17. The average molecular weight is 199 g/mol. The van der Waals surface area contributed by atoms with E-state index in [4.69, 9.17) is 11.6 Å². The van der Waals surface area contributed by atoms with Gasteiger partial charge in [0.15, 0.2) is 0 Å². The largest absolute Gasteiger partial charge is 0.345 e. The number of carbonyl (C=O) groups excluding carboxylic acids is 1. The molecule has 1 rings (SSSR count). The van der Waals surface area contributed by atoms with Gasteiger partial charge in [0.05, 0.1) is 13.2 Å². The monoisotopic (exact) mass is 198 g/mol. The van der Waals surface area contributed by atoms with Gasteiger partial charge in [-0.2, -0.15) is 0 Å². The molecule has 1 amide bonds. The van der Waals surface area contributed by atoms with Gasteiger partial charge in [-0.25, -0.2) is 0 Å². The van der Waals surface area contributed by atoms with E-state index in [9.17, 15) is 4.79 Å². The standard InChI is InChI=1S/C9H11ClN2O/c1-7(10)3-4-8(2)12-5-9(13)11-6-12/h3-4H,1-2,5-6H2,(H,11,13)/b4-3-. The van der Waals surface area contributed by atoms with E-state index in [0.29, 0.717) is 18.2 Å². The van der Waals surface area contributed by atoms with Crippen molar-refractivity contribution in [2.24, 2.45) is 0 Å². The Balaban J connectivity index is 2.49. The van der Waals surface area contributed by atoms with Crippen LogP contribution in [0.3, 0.4) is 0 Å². The molecule has 70 valence electrons. The van der Waals surface area contributed by atoms with Gasteiger partial charge in [0.1, 0.15) is 0 Å². The van der Waals surface area contributed by atoms with Crippen LogP contribution in [0, 0.1) is 0 Å². The van der Waals surface area contributed by atoms with Crippen molar-refractivity contribution in [3.63, 3.8) is 0 Å². The Hall–Kier alpha value is -1.22. The Morgan fingerprint density at radius 2 is 2.23 bits per heavy atom. The van der Waals surface area contributed by atoms with E-state index in [-0.39, 0.29) is 5.91 Å². The molecule has 0 spiro atoms. The summed E-state index contributed by atoms with van der Waals surface area (Å²) in [5, 5.41) is 3.12. The minimum absolute atomic E-state index is 0.0132. The molecule has 0 unspecified atom stereocenters. The predicted molar refractivity (Wildman–Crippen MR) is 53.0 cm³/mol. The molecule has 4 heteroatoms. The van der Waals surface area contributed by atoms with E-state index in [1.165, 1.54) is 0 Å².